The minimum Gasteiger partial charge on any atom is -0.378 e. The Labute approximate surface area is 99.2 Å². The van der Waals surface area contributed by atoms with Crippen LogP contribution in [0.1, 0.15) is 41.0 Å². The van der Waals surface area contributed by atoms with E-state index < -0.39 is 0 Å². The highest BCUT2D eigenvalue weighted by atomic mass is 16.5. The summed E-state index contributed by atoms with van der Waals surface area (Å²) in [7, 11) is 0. The smallest absolute Gasteiger partial charge is 0.0697 e. The zero-order chi connectivity index (χ0) is 12.4. The average Bonchev–Trinajstić information content (AvgIpc) is 2.22. The first kappa shape index (κ1) is 13.5. The second-order valence-electron chi connectivity index (χ2n) is 5.93. The summed E-state index contributed by atoms with van der Waals surface area (Å²) >= 11 is 0. The van der Waals surface area contributed by atoms with E-state index in [0.717, 1.165) is 19.6 Å². The number of nitrogens with one attached hydrogen (secondary N) is 1. The van der Waals surface area contributed by atoms with Crippen LogP contribution in [-0.4, -0.2) is 25.3 Å². The van der Waals surface area contributed by atoms with E-state index in [2.05, 4.69) is 25.2 Å². The van der Waals surface area contributed by atoms with Crippen molar-refractivity contribution in [1.29, 1.82) is 5.26 Å². The van der Waals surface area contributed by atoms with Crippen LogP contribution in [0.5, 0.6) is 0 Å². The first-order chi connectivity index (χ1) is 7.33. The van der Waals surface area contributed by atoms with Gasteiger partial charge in [0.2, 0.25) is 0 Å². The molecule has 0 bridgehead atoms. The molecule has 2 unspecified atom stereocenters. The Morgan fingerprint density at radius 2 is 2.12 bits per heavy atom. The lowest BCUT2D eigenvalue weighted by Gasteiger charge is -2.52. The van der Waals surface area contributed by atoms with Gasteiger partial charge in [-0.15, -0.1) is 0 Å². The van der Waals surface area contributed by atoms with E-state index in [-0.39, 0.29) is 10.8 Å². The molecule has 1 rings (SSSR count). The van der Waals surface area contributed by atoms with Crippen LogP contribution >= 0.6 is 0 Å². The van der Waals surface area contributed by atoms with Crippen LogP contribution in [0.2, 0.25) is 0 Å². The predicted molar refractivity (Wildman–Crippen MR) is 65.0 cm³/mol. The van der Waals surface area contributed by atoms with Crippen molar-refractivity contribution < 1.29 is 4.74 Å². The standard InChI is InChI=1S/C13H24N2O/c1-6-16-11-7-10(13(11,4)5)15-9-12(2,3)8-14/h10-11,15H,6-7,9H2,1-5H3. The molecule has 16 heavy (non-hydrogen) atoms. The predicted octanol–water partition coefficient (Wildman–Crippen LogP) is 2.33. The molecule has 1 fully saturated rings. The van der Waals surface area contributed by atoms with Gasteiger partial charge in [0.05, 0.1) is 17.6 Å². The SMILES string of the molecule is CCOC1CC(NCC(C)(C)C#N)C1(C)C. The topological polar surface area (TPSA) is 45.0 Å². The molecule has 0 spiro atoms. The molecule has 1 aliphatic carbocycles. The van der Waals surface area contributed by atoms with Crippen LogP contribution in [0.4, 0.5) is 0 Å². The normalized spacial score (nSPS) is 28.2. The number of hydrogen-bond donors (Lipinski definition) is 1. The van der Waals surface area contributed by atoms with Gasteiger partial charge in [-0.2, -0.15) is 5.26 Å². The van der Waals surface area contributed by atoms with Gasteiger partial charge in [0, 0.05) is 24.6 Å². The Morgan fingerprint density at radius 3 is 2.56 bits per heavy atom. The van der Waals surface area contributed by atoms with E-state index >= 15 is 0 Å². The monoisotopic (exact) mass is 224 g/mol. The van der Waals surface area contributed by atoms with Gasteiger partial charge in [-0.25, -0.2) is 0 Å². The van der Waals surface area contributed by atoms with Crippen LogP contribution in [0.3, 0.4) is 0 Å². The van der Waals surface area contributed by atoms with Crippen molar-refractivity contribution in [2.45, 2.75) is 53.2 Å². The molecule has 0 aromatic heterocycles. The molecule has 0 amide bonds. The van der Waals surface area contributed by atoms with Gasteiger partial charge in [-0.05, 0) is 27.2 Å². The van der Waals surface area contributed by atoms with E-state index in [1.807, 2.05) is 20.8 Å². The summed E-state index contributed by atoms with van der Waals surface area (Å²) in [6.07, 6.45) is 1.42. The van der Waals surface area contributed by atoms with Crippen molar-refractivity contribution in [2.75, 3.05) is 13.2 Å². The second-order valence-corrected chi connectivity index (χ2v) is 5.93. The summed E-state index contributed by atoms with van der Waals surface area (Å²) in [6.45, 7) is 12.0. The summed E-state index contributed by atoms with van der Waals surface area (Å²) in [5, 5.41) is 12.4. The van der Waals surface area contributed by atoms with Crippen LogP contribution in [-0.2, 0) is 4.74 Å². The van der Waals surface area contributed by atoms with Crippen molar-refractivity contribution in [3.8, 4) is 6.07 Å². The number of ether oxygens (including phenoxy) is 1. The molecule has 3 heteroatoms. The maximum atomic E-state index is 8.95. The van der Waals surface area contributed by atoms with Crippen LogP contribution < -0.4 is 5.32 Å². The van der Waals surface area contributed by atoms with E-state index in [0.29, 0.717) is 12.1 Å². The molecule has 1 aliphatic rings. The van der Waals surface area contributed by atoms with Crippen LogP contribution in [0.25, 0.3) is 0 Å². The molecule has 2 atom stereocenters. The third-order valence-corrected chi connectivity index (χ3v) is 3.64. The quantitative estimate of drug-likeness (QED) is 0.779. The van der Waals surface area contributed by atoms with E-state index in [9.17, 15) is 0 Å². The fourth-order valence-corrected chi connectivity index (χ4v) is 2.13. The Hall–Kier alpha value is -0.590. The van der Waals surface area contributed by atoms with Gasteiger partial charge in [0.15, 0.2) is 0 Å². The van der Waals surface area contributed by atoms with Gasteiger partial charge in [0.25, 0.3) is 0 Å². The third kappa shape index (κ3) is 2.75. The number of nitrogens with zero attached hydrogens (tertiary/aromatic N) is 1. The fourth-order valence-electron chi connectivity index (χ4n) is 2.13. The summed E-state index contributed by atoms with van der Waals surface area (Å²) in [6, 6.07) is 2.78. The minimum absolute atomic E-state index is 0.182. The molecule has 0 aromatic rings. The zero-order valence-corrected chi connectivity index (χ0v) is 11.1. The highest BCUT2D eigenvalue weighted by Crippen LogP contribution is 2.42. The first-order valence-corrected chi connectivity index (χ1v) is 6.09. The van der Waals surface area contributed by atoms with Gasteiger partial charge < -0.3 is 10.1 Å². The Kier molecular flexibility index (Phi) is 3.98. The highest BCUT2D eigenvalue weighted by Gasteiger charge is 2.48. The summed E-state index contributed by atoms with van der Waals surface area (Å²) in [5.74, 6) is 0. The van der Waals surface area contributed by atoms with Crippen LogP contribution in [0, 0.1) is 22.2 Å². The van der Waals surface area contributed by atoms with Crippen molar-refractivity contribution in [2.24, 2.45) is 10.8 Å². The molecule has 92 valence electrons. The summed E-state index contributed by atoms with van der Waals surface area (Å²) in [4.78, 5) is 0. The molecule has 0 radical (unpaired) electrons. The minimum atomic E-state index is -0.285. The highest BCUT2D eigenvalue weighted by molar-refractivity contribution is 5.04. The van der Waals surface area contributed by atoms with Crippen molar-refractivity contribution >= 4 is 0 Å². The molecule has 1 saturated carbocycles. The van der Waals surface area contributed by atoms with Gasteiger partial charge in [-0.1, -0.05) is 13.8 Å². The van der Waals surface area contributed by atoms with Crippen molar-refractivity contribution in [3.63, 3.8) is 0 Å². The fraction of sp³-hybridized carbons (Fsp3) is 0.923. The van der Waals surface area contributed by atoms with Gasteiger partial charge >= 0.3 is 0 Å². The average molecular weight is 224 g/mol. The number of hydrogen-bond acceptors (Lipinski definition) is 3. The lowest BCUT2D eigenvalue weighted by atomic mass is 9.64. The van der Waals surface area contributed by atoms with Crippen molar-refractivity contribution in [3.05, 3.63) is 0 Å². The molecular weight excluding hydrogens is 200 g/mol. The largest absolute Gasteiger partial charge is 0.378 e. The number of rotatable bonds is 5. The van der Waals surface area contributed by atoms with Crippen LogP contribution in [0.15, 0.2) is 0 Å². The Bertz CT molecular complexity index is 278. The second kappa shape index (κ2) is 4.73. The van der Waals surface area contributed by atoms with Gasteiger partial charge in [-0.3, -0.25) is 0 Å². The lowest BCUT2D eigenvalue weighted by molar-refractivity contribution is -0.114. The molecule has 0 aromatic carbocycles. The molecule has 1 N–H and O–H groups in total. The molecular formula is C13H24N2O. The first-order valence-electron chi connectivity index (χ1n) is 6.09. The van der Waals surface area contributed by atoms with E-state index in [1.54, 1.807) is 0 Å². The summed E-state index contributed by atoms with van der Waals surface area (Å²) < 4.78 is 5.68. The Balaban J connectivity index is 2.40. The molecule has 0 saturated heterocycles. The van der Waals surface area contributed by atoms with Gasteiger partial charge in [0.1, 0.15) is 0 Å². The number of nitriles is 1. The molecule has 0 aliphatic heterocycles. The Morgan fingerprint density at radius 1 is 1.50 bits per heavy atom. The maximum Gasteiger partial charge on any atom is 0.0697 e. The van der Waals surface area contributed by atoms with E-state index in [4.69, 9.17) is 10.00 Å². The van der Waals surface area contributed by atoms with E-state index in [1.165, 1.54) is 0 Å². The zero-order valence-electron chi connectivity index (χ0n) is 11.1. The summed E-state index contributed by atoms with van der Waals surface area (Å²) in [5.41, 5.74) is -0.103. The third-order valence-electron chi connectivity index (χ3n) is 3.64. The molecule has 3 nitrogen and oxygen atoms in total. The lowest BCUT2D eigenvalue weighted by Crippen LogP contribution is -2.61. The maximum absolute atomic E-state index is 8.95. The van der Waals surface area contributed by atoms with Crippen molar-refractivity contribution in [1.82, 2.24) is 5.32 Å². The molecule has 0 heterocycles.